The number of carbonyl (C=O) groups is 1. The lowest BCUT2D eigenvalue weighted by Gasteiger charge is -2.32. The molecule has 1 aliphatic heterocycles. The first-order valence-electron chi connectivity index (χ1n) is 6.42. The van der Waals surface area contributed by atoms with Crippen molar-refractivity contribution in [3.05, 3.63) is 35.4 Å². The van der Waals surface area contributed by atoms with Crippen molar-refractivity contribution in [2.24, 2.45) is 0 Å². The molecule has 0 aromatic heterocycles. The zero-order valence-electron chi connectivity index (χ0n) is 11.3. The minimum Gasteiger partial charge on any atom is -0.293 e. The first-order chi connectivity index (χ1) is 8.87. The van der Waals surface area contributed by atoms with Gasteiger partial charge in [0.1, 0.15) is 0 Å². The topological polar surface area (TPSA) is 54.5 Å². The van der Waals surface area contributed by atoms with E-state index in [4.69, 9.17) is 0 Å². The van der Waals surface area contributed by atoms with E-state index >= 15 is 0 Å². The Bertz CT molecular complexity index is 563. The monoisotopic (exact) mass is 281 g/mol. The molecular formula is C14H19NO3S. The second-order valence-corrected chi connectivity index (χ2v) is 7.45. The van der Waals surface area contributed by atoms with Gasteiger partial charge in [-0.2, -0.15) is 0 Å². The van der Waals surface area contributed by atoms with Crippen molar-refractivity contribution < 1.29 is 13.2 Å². The number of hydrogen-bond donors (Lipinski definition) is 0. The van der Waals surface area contributed by atoms with Crippen molar-refractivity contribution in [2.45, 2.75) is 19.9 Å². The number of ketones is 1. The van der Waals surface area contributed by atoms with Crippen LogP contribution in [0.25, 0.3) is 0 Å². The molecular weight excluding hydrogens is 262 g/mol. The Kier molecular flexibility index (Phi) is 4.06. The van der Waals surface area contributed by atoms with E-state index in [9.17, 15) is 13.2 Å². The van der Waals surface area contributed by atoms with Gasteiger partial charge in [-0.25, -0.2) is 8.42 Å². The Labute approximate surface area is 114 Å². The van der Waals surface area contributed by atoms with Crippen molar-refractivity contribution >= 4 is 15.6 Å². The van der Waals surface area contributed by atoms with Gasteiger partial charge < -0.3 is 0 Å². The van der Waals surface area contributed by atoms with Gasteiger partial charge in [0.25, 0.3) is 0 Å². The molecule has 104 valence electrons. The standard InChI is InChI=1S/C14H19NO3S/c1-11-3-5-13(6-4-11)14(16)9-15-7-8-19(17,18)10-12(15)2/h3-6,12H,7-10H2,1-2H3. The predicted octanol–water partition coefficient (Wildman–Crippen LogP) is 1.30. The van der Waals surface area contributed by atoms with E-state index in [-0.39, 0.29) is 23.3 Å². The molecule has 0 N–H and O–H groups in total. The zero-order valence-corrected chi connectivity index (χ0v) is 12.1. The van der Waals surface area contributed by atoms with Crippen molar-refractivity contribution in [1.82, 2.24) is 4.90 Å². The molecule has 1 fully saturated rings. The highest BCUT2D eigenvalue weighted by Crippen LogP contribution is 2.13. The molecule has 5 heteroatoms. The normalized spacial score (nSPS) is 23.2. The molecule has 0 spiro atoms. The van der Waals surface area contributed by atoms with Crippen molar-refractivity contribution in [1.29, 1.82) is 0 Å². The van der Waals surface area contributed by atoms with Gasteiger partial charge in [0.15, 0.2) is 15.6 Å². The molecule has 1 unspecified atom stereocenters. The predicted molar refractivity (Wildman–Crippen MR) is 75.2 cm³/mol. The maximum Gasteiger partial charge on any atom is 0.176 e. The van der Waals surface area contributed by atoms with E-state index in [0.717, 1.165) is 5.56 Å². The van der Waals surface area contributed by atoms with Crippen LogP contribution in [0.15, 0.2) is 24.3 Å². The van der Waals surface area contributed by atoms with Crippen LogP contribution >= 0.6 is 0 Å². The van der Waals surface area contributed by atoms with Crippen molar-refractivity contribution in [3.63, 3.8) is 0 Å². The molecule has 0 aliphatic carbocycles. The van der Waals surface area contributed by atoms with Crippen molar-refractivity contribution in [2.75, 3.05) is 24.6 Å². The summed E-state index contributed by atoms with van der Waals surface area (Å²) < 4.78 is 23.0. The lowest BCUT2D eigenvalue weighted by molar-refractivity contribution is 0.0908. The van der Waals surface area contributed by atoms with E-state index in [2.05, 4.69) is 0 Å². The van der Waals surface area contributed by atoms with Crippen LogP contribution in [0.1, 0.15) is 22.8 Å². The van der Waals surface area contributed by atoms with Crippen LogP contribution < -0.4 is 0 Å². The number of rotatable bonds is 3. The molecule has 4 nitrogen and oxygen atoms in total. The van der Waals surface area contributed by atoms with E-state index in [1.807, 2.05) is 43.0 Å². The fourth-order valence-electron chi connectivity index (χ4n) is 2.28. The third-order valence-corrected chi connectivity index (χ3v) is 5.32. The molecule has 0 radical (unpaired) electrons. The first-order valence-corrected chi connectivity index (χ1v) is 8.24. The summed E-state index contributed by atoms with van der Waals surface area (Å²) >= 11 is 0. The van der Waals surface area contributed by atoms with Gasteiger partial charge in [-0.3, -0.25) is 9.69 Å². The summed E-state index contributed by atoms with van der Waals surface area (Å²) in [5.74, 6) is 0.346. The number of aryl methyl sites for hydroxylation is 1. The number of Topliss-reactive ketones (excluding diaryl/α,β-unsaturated/α-hetero) is 1. The summed E-state index contributed by atoms with van der Waals surface area (Å²) in [6.07, 6.45) is 0. The Balaban J connectivity index is 2.02. The maximum atomic E-state index is 12.1. The average molecular weight is 281 g/mol. The molecule has 19 heavy (non-hydrogen) atoms. The number of hydrogen-bond acceptors (Lipinski definition) is 4. The minimum absolute atomic E-state index is 0.0474. The highest BCUT2D eigenvalue weighted by molar-refractivity contribution is 7.91. The fraction of sp³-hybridized carbons (Fsp3) is 0.500. The molecule has 1 aromatic rings. The number of nitrogens with zero attached hydrogens (tertiary/aromatic N) is 1. The molecule has 0 saturated carbocycles. The van der Waals surface area contributed by atoms with Crippen LogP contribution in [0.5, 0.6) is 0 Å². The second-order valence-electron chi connectivity index (χ2n) is 5.22. The van der Waals surface area contributed by atoms with Gasteiger partial charge in [0.2, 0.25) is 0 Å². The number of carbonyl (C=O) groups excluding carboxylic acids is 1. The summed E-state index contributed by atoms with van der Waals surface area (Å²) in [7, 11) is -2.92. The SMILES string of the molecule is Cc1ccc(C(=O)CN2CCS(=O)(=O)CC2C)cc1. The molecule has 1 saturated heterocycles. The Hall–Kier alpha value is -1.20. The van der Waals surface area contributed by atoms with Gasteiger partial charge in [-0.1, -0.05) is 29.8 Å². The summed E-state index contributed by atoms with van der Waals surface area (Å²) in [6.45, 7) is 4.58. The van der Waals surface area contributed by atoms with Crippen LogP contribution in [-0.2, 0) is 9.84 Å². The molecule has 1 aliphatic rings. The third-order valence-electron chi connectivity index (χ3n) is 3.53. The average Bonchev–Trinajstić information content (AvgIpc) is 2.33. The highest BCUT2D eigenvalue weighted by atomic mass is 32.2. The lowest BCUT2D eigenvalue weighted by Crippen LogP contribution is -2.48. The molecule has 0 bridgehead atoms. The van der Waals surface area contributed by atoms with E-state index < -0.39 is 9.84 Å². The minimum atomic E-state index is -2.92. The summed E-state index contributed by atoms with van der Waals surface area (Å²) in [6, 6.07) is 7.38. The largest absolute Gasteiger partial charge is 0.293 e. The van der Waals surface area contributed by atoms with Crippen molar-refractivity contribution in [3.8, 4) is 0 Å². The number of benzene rings is 1. The molecule has 0 amide bonds. The maximum absolute atomic E-state index is 12.1. The van der Waals surface area contributed by atoms with Crippen LogP contribution in [-0.4, -0.2) is 49.7 Å². The Morgan fingerprint density at radius 2 is 1.95 bits per heavy atom. The Morgan fingerprint density at radius 3 is 2.53 bits per heavy atom. The van der Waals surface area contributed by atoms with Gasteiger partial charge in [0, 0.05) is 18.2 Å². The molecule has 1 aromatic carbocycles. The van der Waals surface area contributed by atoms with Crippen LogP contribution in [0.4, 0.5) is 0 Å². The third kappa shape index (κ3) is 3.64. The molecule has 1 atom stereocenters. The van der Waals surface area contributed by atoms with Gasteiger partial charge in [-0.15, -0.1) is 0 Å². The van der Waals surface area contributed by atoms with Crippen LogP contribution in [0, 0.1) is 6.92 Å². The van der Waals surface area contributed by atoms with Gasteiger partial charge in [0.05, 0.1) is 18.1 Å². The number of sulfone groups is 1. The fourth-order valence-corrected chi connectivity index (χ4v) is 3.91. The van der Waals surface area contributed by atoms with E-state index in [0.29, 0.717) is 18.7 Å². The molecule has 1 heterocycles. The summed E-state index contributed by atoms with van der Waals surface area (Å²) in [5, 5.41) is 0. The Morgan fingerprint density at radius 1 is 1.32 bits per heavy atom. The quantitative estimate of drug-likeness (QED) is 0.784. The van der Waals surface area contributed by atoms with Gasteiger partial charge in [-0.05, 0) is 13.8 Å². The summed E-state index contributed by atoms with van der Waals surface area (Å²) in [4.78, 5) is 14.1. The molecule has 2 rings (SSSR count). The first kappa shape index (κ1) is 14.2. The zero-order chi connectivity index (χ0) is 14.0. The van der Waals surface area contributed by atoms with E-state index in [1.54, 1.807) is 0 Å². The lowest BCUT2D eigenvalue weighted by atomic mass is 10.1. The second kappa shape index (κ2) is 5.43. The van der Waals surface area contributed by atoms with Crippen LogP contribution in [0.3, 0.4) is 0 Å². The smallest absolute Gasteiger partial charge is 0.176 e. The summed E-state index contributed by atoms with van der Waals surface area (Å²) in [5.41, 5.74) is 1.81. The van der Waals surface area contributed by atoms with Gasteiger partial charge >= 0.3 is 0 Å². The van der Waals surface area contributed by atoms with E-state index in [1.165, 1.54) is 0 Å². The highest BCUT2D eigenvalue weighted by Gasteiger charge is 2.29. The van der Waals surface area contributed by atoms with Crippen LogP contribution in [0.2, 0.25) is 0 Å².